The highest BCUT2D eigenvalue weighted by Crippen LogP contribution is 2.36. The van der Waals surface area contributed by atoms with E-state index in [1.807, 2.05) is 0 Å². The molecule has 660 valence electrons. The van der Waals surface area contributed by atoms with Gasteiger partial charge in [0.25, 0.3) is 33.4 Å². The van der Waals surface area contributed by atoms with Crippen molar-refractivity contribution in [3.63, 3.8) is 0 Å². The van der Waals surface area contributed by atoms with Crippen LogP contribution in [-0.4, -0.2) is 112 Å². The second kappa shape index (κ2) is 54.8. The molecule has 7 aromatic rings. The van der Waals surface area contributed by atoms with Gasteiger partial charge in [-0.05, 0) is 74.9 Å². The van der Waals surface area contributed by atoms with Crippen LogP contribution in [0.3, 0.4) is 0 Å². The van der Waals surface area contributed by atoms with E-state index in [4.69, 9.17) is 56.8 Å². The molecule has 6 aromatic carbocycles. The van der Waals surface area contributed by atoms with Gasteiger partial charge in [-0.3, -0.25) is 28.8 Å². The van der Waals surface area contributed by atoms with E-state index < -0.39 is 33.4 Å². The lowest BCUT2D eigenvalue weighted by Gasteiger charge is -2.13. The Balaban J connectivity index is 1.75. The molecule has 12 bridgehead atoms. The molecule has 6 N–H and O–H groups in total. The zero-order chi connectivity index (χ0) is 86.2. The van der Waals surface area contributed by atoms with E-state index in [0.717, 1.165) is 193 Å². The number of benzene rings is 6. The van der Waals surface area contributed by atoms with Gasteiger partial charge in [-0.25, -0.2) is 0 Å². The third kappa shape index (κ3) is 30.8. The number of ether oxygens (including phenoxy) is 12. The van der Waals surface area contributed by atoms with Gasteiger partial charge in [0, 0.05) is 36.4 Å². The lowest BCUT2D eigenvalue weighted by atomic mass is 10.1. The largest absolute Gasteiger partial charge is 0.494 e. The van der Waals surface area contributed by atoms with E-state index in [1.165, 1.54) is 97.3 Å². The highest BCUT2D eigenvalue weighted by Gasteiger charge is 2.19. The van der Waals surface area contributed by atoms with Crippen molar-refractivity contribution >= 4 is 65.4 Å². The molecule has 0 saturated heterocycles. The van der Waals surface area contributed by atoms with Gasteiger partial charge in [0.1, 0.15) is 69.0 Å². The van der Waals surface area contributed by atoms with Gasteiger partial charge in [-0.1, -0.05) is 234 Å². The second-order valence-electron chi connectivity index (χ2n) is 30.7. The summed E-state index contributed by atoms with van der Waals surface area (Å²) in [7, 11) is 8.55. The van der Waals surface area contributed by atoms with Crippen molar-refractivity contribution in [3.05, 3.63) is 135 Å². The Morgan fingerprint density at radius 2 is 0.308 bits per heavy atom. The van der Waals surface area contributed by atoms with Gasteiger partial charge in [-0.2, -0.15) is 0 Å². The summed E-state index contributed by atoms with van der Waals surface area (Å²) >= 11 is 0. The van der Waals surface area contributed by atoms with Crippen LogP contribution in [0.1, 0.15) is 273 Å². The fraction of sp³-hybridized carbons (Fsp3) is 0.562. The van der Waals surface area contributed by atoms with Crippen molar-refractivity contribution in [2.75, 3.05) is 82.3 Å². The molecule has 120 heavy (non-hydrogen) atoms. The molecule has 0 atom stereocenters. The SMILES string of the molecule is CCCCCCCCOc1cc(OCCCCCCCC)c2cc1c(=O)[nH]c1cc([nH]c(=O)c3cc(c(OCCCCCCCC)cc3OCCCCCCCC)c(=O)[nH]c3cc([nH]c(=O)c4cc(c(OCCCCCCCC)cc4OCCCCCCCC)c(=O)[nH]c4cc([nH]c2=O)c(OC)cc4OC)c(OC)cc3OC)c(OC)cc1OC. The molecule has 0 spiro atoms. The standard InChI is InChI=1S/C96H138N6O18/c1-13-19-25-31-37-43-49-115-79-61-80(116-50-44-38-32-26-20-14-2)68-55-67(79)91(103)97-73-58-74(86(110-8)64-85(73)109-7)99-93(105)69-56-70(82(118-52-46-40-34-28-22-16-4)62-81(69)117-51-45-39-33-27-21-15-3)95(107)101-77-60-78(90(114-12)66-89(77)113-11)102-96(108)72-57-71(94(106)100-76-59-75(98-92(68)104)87(111-9)65-88(76)112-10)83(119-53-47-41-35-29-23-17-5)63-84(72)120-54-48-42-36-30-24-18-6/h55-66H,13-54H2,1-12H3,(H,97,103)(H,98,104)(H,99,105)(H,100,106)(H,101,107)(H,102,108). The Bertz CT molecular complexity index is 4300. The molecule has 7 rings (SSSR count). The molecule has 24 nitrogen and oxygen atoms in total. The predicted molar refractivity (Wildman–Crippen MR) is 487 cm³/mol. The van der Waals surface area contributed by atoms with Crippen LogP contribution in [0, 0.1) is 0 Å². The zero-order valence-electron chi connectivity index (χ0n) is 74.0. The summed E-state index contributed by atoms with van der Waals surface area (Å²) in [5.74, 6) is 1.58. The van der Waals surface area contributed by atoms with Gasteiger partial charge >= 0.3 is 0 Å². The maximum Gasteiger partial charge on any atom is 0.259 e. The molecule has 0 radical (unpaired) electrons. The van der Waals surface area contributed by atoms with Crippen LogP contribution in [0.25, 0.3) is 65.4 Å². The van der Waals surface area contributed by atoms with Crippen LogP contribution < -0.4 is 90.2 Å². The third-order valence-corrected chi connectivity index (χ3v) is 21.3. The first-order valence-electron chi connectivity index (χ1n) is 44.5. The highest BCUT2D eigenvalue weighted by atomic mass is 16.5. The van der Waals surface area contributed by atoms with Crippen LogP contribution in [0.2, 0.25) is 0 Å². The number of rotatable bonds is 54. The molecule has 0 amide bonds. The minimum absolute atomic E-state index is 0.0579. The maximum absolute atomic E-state index is 15.6. The molecule has 0 aliphatic heterocycles. The summed E-state index contributed by atoms with van der Waals surface area (Å²) < 4.78 is 75.3. The average Bonchev–Trinajstić information content (AvgIpc) is 0.790. The van der Waals surface area contributed by atoms with Crippen LogP contribution in [0.4, 0.5) is 0 Å². The smallest absolute Gasteiger partial charge is 0.259 e. The van der Waals surface area contributed by atoms with E-state index in [1.54, 1.807) is 18.2 Å². The molecule has 1 aromatic heterocycles. The average molecular weight is 1660 g/mol. The number of hydrogen-bond acceptors (Lipinski definition) is 18. The quantitative estimate of drug-likeness (QED) is 0.0193. The summed E-state index contributed by atoms with van der Waals surface area (Å²) in [5, 5.41) is -0.347. The van der Waals surface area contributed by atoms with Gasteiger partial charge in [0.05, 0.1) is 148 Å². The van der Waals surface area contributed by atoms with Crippen LogP contribution >= 0.6 is 0 Å². The fourth-order valence-corrected chi connectivity index (χ4v) is 14.3. The summed E-state index contributed by atoms with van der Waals surface area (Å²) in [6.07, 6.45) is 34.7. The second-order valence-corrected chi connectivity index (χ2v) is 30.7. The monoisotopic (exact) mass is 1660 g/mol. The first-order chi connectivity index (χ1) is 58.5. The van der Waals surface area contributed by atoms with Crippen LogP contribution in [0.5, 0.6) is 69.0 Å². The van der Waals surface area contributed by atoms with Crippen molar-refractivity contribution < 1.29 is 56.8 Å². The molecule has 0 unspecified atom stereocenters. The minimum Gasteiger partial charge on any atom is -0.494 e. The Kier molecular flexibility index (Phi) is 44.3. The van der Waals surface area contributed by atoms with Crippen LogP contribution in [0.15, 0.2) is 102 Å². The molecule has 24 heteroatoms. The number of H-pyrrole nitrogens is 6. The first kappa shape index (κ1) is 96.9. The summed E-state index contributed by atoms with van der Waals surface area (Å²) in [4.78, 5) is 112. The molecular formula is C96H138N6O18. The first-order valence-corrected chi connectivity index (χ1v) is 44.5. The molecule has 0 aliphatic carbocycles. The highest BCUT2D eigenvalue weighted by molar-refractivity contribution is 5.84. The lowest BCUT2D eigenvalue weighted by molar-refractivity contribution is 0.293. The maximum atomic E-state index is 15.6. The third-order valence-electron chi connectivity index (χ3n) is 21.3. The molecule has 1 heterocycles. The van der Waals surface area contributed by atoms with Crippen molar-refractivity contribution in [1.82, 2.24) is 29.9 Å². The van der Waals surface area contributed by atoms with E-state index in [-0.39, 0.29) is 174 Å². The van der Waals surface area contributed by atoms with Gasteiger partial charge in [-0.15, -0.1) is 0 Å². The number of aromatic nitrogens is 6. The number of nitrogens with one attached hydrogen (secondary N) is 6. The zero-order valence-corrected chi connectivity index (χ0v) is 74.0. The summed E-state index contributed by atoms with van der Waals surface area (Å²) in [6.45, 7) is 14.3. The van der Waals surface area contributed by atoms with Gasteiger partial charge < -0.3 is 86.7 Å². The summed E-state index contributed by atoms with van der Waals surface area (Å²) in [6, 6.07) is 17.9. The molecule has 0 aliphatic rings. The molecule has 0 fully saturated rings. The normalized spacial score (nSPS) is 11.1. The van der Waals surface area contributed by atoms with Crippen molar-refractivity contribution in [3.8, 4) is 69.0 Å². The van der Waals surface area contributed by atoms with Gasteiger partial charge in [0.2, 0.25) is 0 Å². The van der Waals surface area contributed by atoms with E-state index >= 15 is 28.8 Å². The van der Waals surface area contributed by atoms with Crippen molar-refractivity contribution in [2.24, 2.45) is 0 Å². The number of fused-ring (bicyclic) bond motifs is 12. The fourth-order valence-electron chi connectivity index (χ4n) is 14.3. The van der Waals surface area contributed by atoms with E-state index in [9.17, 15) is 0 Å². The number of methoxy groups -OCH3 is 6. The Morgan fingerprint density at radius 1 is 0.175 bits per heavy atom. The minimum atomic E-state index is -0.733. The van der Waals surface area contributed by atoms with Crippen molar-refractivity contribution in [1.29, 1.82) is 0 Å². The van der Waals surface area contributed by atoms with Crippen LogP contribution in [-0.2, 0) is 0 Å². The van der Waals surface area contributed by atoms with Gasteiger partial charge in [0.15, 0.2) is 0 Å². The predicted octanol–water partition coefficient (Wildman–Crippen LogP) is 22.3. The number of hydrogen-bond donors (Lipinski definition) is 6. The molecule has 0 saturated carbocycles. The Morgan fingerprint density at radius 3 is 0.450 bits per heavy atom. The molecular weight excluding hydrogens is 1530 g/mol. The summed E-state index contributed by atoms with van der Waals surface area (Å²) in [5.41, 5.74) is -3.93. The Labute approximate surface area is 707 Å². The van der Waals surface area contributed by atoms with Crippen molar-refractivity contribution in [2.45, 2.75) is 273 Å². The van der Waals surface area contributed by atoms with E-state index in [2.05, 4.69) is 71.4 Å². The lowest BCUT2D eigenvalue weighted by Crippen LogP contribution is -2.12. The topological polar surface area (TPSA) is 308 Å². The van der Waals surface area contributed by atoms with E-state index in [0.29, 0.717) is 38.5 Å². The number of unbranched alkanes of at least 4 members (excludes halogenated alkanes) is 30. The number of aromatic amines is 6. The Hall–Kier alpha value is -10.3.